The number of benzene rings is 1. The lowest BCUT2D eigenvalue weighted by Gasteiger charge is -2.08. The lowest BCUT2D eigenvalue weighted by Crippen LogP contribution is -2.12. The molecule has 0 atom stereocenters. The van der Waals surface area contributed by atoms with Crippen LogP contribution in [0, 0.1) is 6.92 Å². The van der Waals surface area contributed by atoms with Crippen molar-refractivity contribution in [2.75, 3.05) is 5.32 Å². The van der Waals surface area contributed by atoms with E-state index in [9.17, 15) is 4.79 Å². The largest absolute Gasteiger partial charge is 0.321 e. The first kappa shape index (κ1) is 14.2. The van der Waals surface area contributed by atoms with Crippen molar-refractivity contribution in [1.82, 2.24) is 0 Å². The van der Waals surface area contributed by atoms with Crippen LogP contribution in [0.2, 0.25) is 0 Å². The zero-order valence-corrected chi connectivity index (χ0v) is 14.8. The number of carbonyl (C=O) groups is 1. The molecule has 0 aliphatic carbocycles. The first-order valence-electron chi connectivity index (χ1n) is 5.00. The Morgan fingerprint density at radius 2 is 2.00 bits per heavy atom. The predicted molar refractivity (Wildman–Crippen MR) is 86.6 cm³/mol. The summed E-state index contributed by atoms with van der Waals surface area (Å²) < 4.78 is 2.64. The summed E-state index contributed by atoms with van der Waals surface area (Å²) in [5.41, 5.74) is 2.48. The molecular formula is C12H8Br3NOS. The molecule has 0 saturated heterocycles. The second kappa shape index (κ2) is 5.86. The van der Waals surface area contributed by atoms with Crippen molar-refractivity contribution < 1.29 is 4.79 Å². The summed E-state index contributed by atoms with van der Waals surface area (Å²) in [6.07, 6.45) is 0. The number of amides is 1. The van der Waals surface area contributed by atoms with Crippen LogP contribution in [0.3, 0.4) is 0 Å². The number of aryl methyl sites for hydroxylation is 1. The number of halogens is 3. The van der Waals surface area contributed by atoms with Gasteiger partial charge in [-0.25, -0.2) is 0 Å². The van der Waals surface area contributed by atoms with Crippen molar-refractivity contribution in [1.29, 1.82) is 0 Å². The molecule has 0 bridgehead atoms. The number of hydrogen-bond donors (Lipinski definition) is 1. The smallest absolute Gasteiger partial charge is 0.257 e. The summed E-state index contributed by atoms with van der Waals surface area (Å²) in [5, 5.41) is 2.89. The molecule has 0 spiro atoms. The topological polar surface area (TPSA) is 29.1 Å². The normalized spacial score (nSPS) is 10.4. The highest BCUT2D eigenvalue weighted by Crippen LogP contribution is 2.33. The molecule has 2 aromatic rings. The molecule has 1 heterocycles. The Balaban J connectivity index is 2.27. The molecule has 94 valence electrons. The molecule has 0 radical (unpaired) electrons. The zero-order chi connectivity index (χ0) is 13.3. The van der Waals surface area contributed by atoms with Crippen molar-refractivity contribution in [2.24, 2.45) is 0 Å². The summed E-state index contributed by atoms with van der Waals surface area (Å²) in [6, 6.07) is 7.56. The van der Waals surface area contributed by atoms with Crippen LogP contribution in [-0.4, -0.2) is 5.91 Å². The van der Waals surface area contributed by atoms with Crippen LogP contribution < -0.4 is 5.32 Å². The van der Waals surface area contributed by atoms with Crippen LogP contribution >= 0.6 is 59.1 Å². The van der Waals surface area contributed by atoms with Crippen molar-refractivity contribution in [2.45, 2.75) is 6.92 Å². The maximum absolute atomic E-state index is 12.1. The number of hydrogen-bond acceptors (Lipinski definition) is 2. The third-order valence-corrected chi connectivity index (χ3v) is 5.73. The van der Waals surface area contributed by atoms with E-state index < -0.39 is 0 Å². The Kier molecular flexibility index (Phi) is 4.64. The number of nitrogens with one attached hydrogen (secondary N) is 1. The van der Waals surface area contributed by atoms with Gasteiger partial charge in [0.05, 0.1) is 18.8 Å². The highest BCUT2D eigenvalue weighted by Gasteiger charge is 2.15. The number of anilines is 1. The summed E-state index contributed by atoms with van der Waals surface area (Å²) in [6.45, 7) is 1.98. The van der Waals surface area contributed by atoms with Crippen LogP contribution in [0.15, 0.2) is 36.3 Å². The van der Waals surface area contributed by atoms with Gasteiger partial charge in [0.1, 0.15) is 0 Å². The predicted octanol–water partition coefficient (Wildman–Crippen LogP) is 5.60. The monoisotopic (exact) mass is 451 g/mol. The number of carbonyl (C=O) groups excluding carboxylic acids is 1. The van der Waals surface area contributed by atoms with Crippen molar-refractivity contribution >= 4 is 70.7 Å². The average molecular weight is 454 g/mol. The van der Waals surface area contributed by atoms with Gasteiger partial charge in [-0.15, -0.1) is 11.3 Å². The van der Waals surface area contributed by atoms with Gasteiger partial charge in [-0.3, -0.25) is 4.79 Å². The Morgan fingerprint density at radius 3 is 2.61 bits per heavy atom. The van der Waals surface area contributed by atoms with Crippen LogP contribution in [0.25, 0.3) is 0 Å². The number of thiophene rings is 1. The van der Waals surface area contributed by atoms with Gasteiger partial charge in [0.2, 0.25) is 0 Å². The second-order valence-electron chi connectivity index (χ2n) is 3.63. The molecule has 0 fully saturated rings. The maximum Gasteiger partial charge on any atom is 0.257 e. The van der Waals surface area contributed by atoms with Crippen molar-refractivity contribution in [3.63, 3.8) is 0 Å². The highest BCUT2D eigenvalue weighted by atomic mass is 79.9. The molecule has 1 amide bonds. The van der Waals surface area contributed by atoms with E-state index in [1.807, 2.05) is 25.1 Å². The van der Waals surface area contributed by atoms with Gasteiger partial charge in [0, 0.05) is 4.47 Å². The van der Waals surface area contributed by atoms with Gasteiger partial charge >= 0.3 is 0 Å². The summed E-state index contributed by atoms with van der Waals surface area (Å²) in [4.78, 5) is 12.1. The lowest BCUT2D eigenvalue weighted by atomic mass is 10.2. The summed E-state index contributed by atoms with van der Waals surface area (Å²) >= 11 is 11.7. The van der Waals surface area contributed by atoms with Crippen LogP contribution in [0.5, 0.6) is 0 Å². The molecule has 6 heteroatoms. The van der Waals surface area contributed by atoms with Crippen LogP contribution in [0.4, 0.5) is 5.69 Å². The molecular weight excluding hydrogens is 446 g/mol. The minimum atomic E-state index is -0.130. The second-order valence-corrected chi connectivity index (χ2v) is 8.17. The van der Waals surface area contributed by atoms with Gasteiger partial charge in [0.15, 0.2) is 0 Å². The molecule has 2 rings (SSSR count). The lowest BCUT2D eigenvalue weighted by molar-refractivity contribution is 0.102. The quantitative estimate of drug-likeness (QED) is 0.630. The first-order valence-corrected chi connectivity index (χ1v) is 8.20. The third kappa shape index (κ3) is 3.04. The van der Waals surface area contributed by atoms with Gasteiger partial charge in [-0.1, -0.05) is 12.1 Å². The molecule has 1 N–H and O–H groups in total. The van der Waals surface area contributed by atoms with Gasteiger partial charge in [-0.05, 0) is 72.4 Å². The van der Waals surface area contributed by atoms with E-state index in [1.54, 1.807) is 6.07 Å². The Morgan fingerprint density at radius 1 is 1.28 bits per heavy atom. The Hall–Kier alpha value is -0.170. The molecule has 0 saturated carbocycles. The van der Waals surface area contributed by atoms with E-state index in [-0.39, 0.29) is 5.91 Å². The molecule has 1 aromatic carbocycles. The third-order valence-electron chi connectivity index (χ3n) is 2.34. The molecule has 0 aliphatic rings. The molecule has 1 aromatic heterocycles. The standard InChI is InChI=1S/C12H8Br3NOS/c1-6-3-2-4-8(10(6)14)16-12(17)7-5-9(13)18-11(7)15/h2-5H,1H3,(H,16,17). The fraction of sp³-hybridized carbons (Fsp3) is 0.0833. The molecule has 2 nitrogen and oxygen atoms in total. The summed E-state index contributed by atoms with van der Waals surface area (Å²) in [7, 11) is 0. The van der Waals surface area contributed by atoms with Gasteiger partial charge in [-0.2, -0.15) is 0 Å². The van der Waals surface area contributed by atoms with E-state index in [4.69, 9.17) is 0 Å². The Labute approximate surface area is 134 Å². The van der Waals surface area contributed by atoms with Crippen molar-refractivity contribution in [3.8, 4) is 0 Å². The van der Waals surface area contributed by atoms with E-state index in [0.717, 1.165) is 23.3 Å². The first-order chi connectivity index (χ1) is 8.49. The van der Waals surface area contributed by atoms with Gasteiger partial charge < -0.3 is 5.32 Å². The van der Waals surface area contributed by atoms with E-state index in [0.29, 0.717) is 5.56 Å². The van der Waals surface area contributed by atoms with E-state index in [2.05, 4.69) is 53.1 Å². The highest BCUT2D eigenvalue weighted by molar-refractivity contribution is 9.12. The summed E-state index contributed by atoms with van der Waals surface area (Å²) in [5.74, 6) is -0.130. The fourth-order valence-corrected chi connectivity index (χ4v) is 4.59. The number of rotatable bonds is 2. The average Bonchev–Trinajstić information content (AvgIpc) is 2.64. The SMILES string of the molecule is Cc1cccc(NC(=O)c2cc(Br)sc2Br)c1Br. The zero-order valence-electron chi connectivity index (χ0n) is 9.26. The fourth-order valence-electron chi connectivity index (χ4n) is 1.43. The van der Waals surface area contributed by atoms with E-state index in [1.165, 1.54) is 11.3 Å². The van der Waals surface area contributed by atoms with Crippen molar-refractivity contribution in [3.05, 3.63) is 47.4 Å². The van der Waals surface area contributed by atoms with Gasteiger partial charge in [0.25, 0.3) is 5.91 Å². The minimum Gasteiger partial charge on any atom is -0.321 e. The Bertz CT molecular complexity index is 609. The molecule has 0 aliphatic heterocycles. The van der Waals surface area contributed by atoms with Crippen LogP contribution in [0.1, 0.15) is 15.9 Å². The minimum absolute atomic E-state index is 0.130. The van der Waals surface area contributed by atoms with E-state index >= 15 is 0 Å². The maximum atomic E-state index is 12.1. The molecule has 18 heavy (non-hydrogen) atoms. The van der Waals surface area contributed by atoms with Crippen LogP contribution in [-0.2, 0) is 0 Å². The molecule has 0 unspecified atom stereocenters.